The molecule has 0 aliphatic heterocycles. The summed E-state index contributed by atoms with van der Waals surface area (Å²) in [6.45, 7) is 23.3. The van der Waals surface area contributed by atoms with Crippen LogP contribution in [0.15, 0.2) is 267 Å². The molecule has 0 saturated carbocycles. The number of para-hydroxylation sites is 4. The Kier molecular flexibility index (Phi) is 22.7. The standard InChI is InChI=1S/C37H36N3O.C31H24N3O.C29H20N3O.3Pt/c1-23-18-24(31-13-10-11-17-38-31)20-26(19-23)40-33-14-9-8-12-27(33)28-15-16-32(39-35(28)40)29-21-25(36(2,3)4)22-30(34(29)41)37(5,6)7;1-19-14-21(3)30(35)26(17-19)28-12-11-25-24-8-4-5-10-29(24)34(31(25)33-28)23-16-20(2)15-22(18-23)27-9-6-7-13-32-27;1-19-16-20(25-10-6-7-15-30-25)18-21(17-19)32-27-11-4-2-8-22(27)23-13-14-26(31-29(23)32)24-9-3-5-12-28(24)33;;;/h8-19,21-22,41H,1-7H3;4-17,35H,1-3H3;2-17,33H,1H3;;;/q3*-1;;;. The Morgan fingerprint density at radius 3 is 1.02 bits per heavy atom. The zero-order valence-corrected chi connectivity index (χ0v) is 70.5. The van der Waals surface area contributed by atoms with Crippen LogP contribution in [0, 0.1) is 52.8 Å². The Morgan fingerprint density at radius 1 is 0.304 bits per heavy atom. The van der Waals surface area contributed by atoms with Gasteiger partial charge in [0.1, 0.15) is 34.2 Å². The molecule has 15 heteroatoms. The number of aromatic nitrogens is 9. The van der Waals surface area contributed by atoms with Crippen LogP contribution in [-0.4, -0.2) is 58.9 Å². The van der Waals surface area contributed by atoms with Gasteiger partial charge in [-0.1, -0.05) is 178 Å². The van der Waals surface area contributed by atoms with Gasteiger partial charge in [0.2, 0.25) is 0 Å². The maximum absolute atomic E-state index is 11.6. The number of rotatable bonds is 9. The van der Waals surface area contributed by atoms with E-state index in [0.717, 1.165) is 178 Å². The van der Waals surface area contributed by atoms with Crippen molar-refractivity contribution in [2.45, 2.75) is 87.0 Å². The summed E-state index contributed by atoms with van der Waals surface area (Å²) in [6.07, 6.45) is 5.41. The molecule has 0 aliphatic rings. The van der Waals surface area contributed by atoms with Crippen molar-refractivity contribution in [3.8, 4) is 102 Å². The molecule has 9 aromatic heterocycles. The van der Waals surface area contributed by atoms with Crippen LogP contribution in [0.3, 0.4) is 0 Å². The van der Waals surface area contributed by atoms with Gasteiger partial charge in [0, 0.05) is 136 Å². The molecule has 0 bridgehead atoms. The van der Waals surface area contributed by atoms with E-state index in [1.165, 1.54) is 5.56 Å². The molecule has 18 aromatic rings. The minimum absolute atomic E-state index is 0. The predicted molar refractivity (Wildman–Crippen MR) is 444 cm³/mol. The van der Waals surface area contributed by atoms with Crippen LogP contribution in [0.25, 0.3) is 150 Å². The summed E-state index contributed by atoms with van der Waals surface area (Å²) >= 11 is 0. The van der Waals surface area contributed by atoms with Gasteiger partial charge in [0.05, 0.1) is 33.6 Å². The minimum Gasteiger partial charge on any atom is -0.507 e. The Hall–Kier alpha value is -11.3. The average Bonchev–Trinajstić information content (AvgIpc) is 1.62. The van der Waals surface area contributed by atoms with Crippen LogP contribution in [-0.2, 0) is 74.0 Å². The van der Waals surface area contributed by atoms with Crippen LogP contribution >= 0.6 is 0 Å². The van der Waals surface area contributed by atoms with E-state index in [2.05, 4.69) is 230 Å². The van der Waals surface area contributed by atoms with E-state index in [1.54, 1.807) is 18.5 Å². The first-order valence-electron chi connectivity index (χ1n) is 36.7. The molecule has 18 rings (SSSR count). The van der Waals surface area contributed by atoms with E-state index in [0.29, 0.717) is 11.3 Å². The zero-order valence-electron chi connectivity index (χ0n) is 63.7. The Labute approximate surface area is 695 Å². The summed E-state index contributed by atoms with van der Waals surface area (Å²) in [4.78, 5) is 29.0. The summed E-state index contributed by atoms with van der Waals surface area (Å²) < 4.78 is 6.49. The Balaban J connectivity index is 0.000000146. The molecular formula is C97H80N9O3Pt3-3. The number of nitrogens with zero attached hydrogens (tertiary/aromatic N) is 9. The topological polar surface area (TPSA) is 153 Å². The number of pyridine rings is 6. The molecule has 0 aliphatic carbocycles. The molecule has 12 nitrogen and oxygen atoms in total. The average molecular weight is 2010 g/mol. The first-order valence-corrected chi connectivity index (χ1v) is 36.7. The van der Waals surface area contributed by atoms with Crippen molar-refractivity contribution in [3.05, 3.63) is 324 Å². The molecule has 9 heterocycles. The monoisotopic (exact) mass is 2000 g/mol. The third-order valence-corrected chi connectivity index (χ3v) is 20.1. The van der Waals surface area contributed by atoms with Crippen molar-refractivity contribution < 1.29 is 78.5 Å². The van der Waals surface area contributed by atoms with Crippen molar-refractivity contribution >= 4 is 65.8 Å². The van der Waals surface area contributed by atoms with E-state index in [1.807, 2.05) is 141 Å². The second-order valence-electron chi connectivity index (χ2n) is 30.2. The van der Waals surface area contributed by atoms with Gasteiger partial charge in [-0.05, 0) is 173 Å². The molecule has 0 atom stereocenters. The van der Waals surface area contributed by atoms with Gasteiger partial charge in [0.25, 0.3) is 0 Å². The van der Waals surface area contributed by atoms with E-state index < -0.39 is 0 Å². The molecule has 0 amide bonds. The molecule has 3 N–H and O–H groups in total. The van der Waals surface area contributed by atoms with Crippen LogP contribution in [0.5, 0.6) is 17.2 Å². The number of benzene rings is 9. The maximum Gasteiger partial charge on any atom is 0.144 e. The second kappa shape index (κ2) is 32.2. The number of hydrogen-bond acceptors (Lipinski definition) is 9. The van der Waals surface area contributed by atoms with E-state index in [9.17, 15) is 15.3 Å². The zero-order chi connectivity index (χ0) is 75.6. The van der Waals surface area contributed by atoms with Crippen molar-refractivity contribution in [3.63, 3.8) is 0 Å². The summed E-state index contributed by atoms with van der Waals surface area (Å²) in [7, 11) is 0. The van der Waals surface area contributed by atoms with Crippen LogP contribution in [0.2, 0.25) is 0 Å². The number of hydrogen-bond donors (Lipinski definition) is 3. The van der Waals surface area contributed by atoms with Gasteiger partial charge >= 0.3 is 0 Å². The number of fused-ring (bicyclic) bond motifs is 9. The smallest absolute Gasteiger partial charge is 0.144 e. The second-order valence-corrected chi connectivity index (χ2v) is 30.2. The fourth-order valence-electron chi connectivity index (χ4n) is 14.8. The third kappa shape index (κ3) is 15.4. The summed E-state index contributed by atoms with van der Waals surface area (Å²) in [5.41, 5.74) is 25.3. The SMILES string of the molecule is Cc1cc(-c2ccccn2)[c-]c(-n2c3ccccc3c3ccc(-c4cc(C(C)(C)C)cc(C(C)(C)C)c4O)nc32)c1.Cc1cc(-c2ccccn2)[c-]c(-n2c3ccccc3c3ccc(-c4cc(C)cc(C)c4O)nc32)c1.Cc1cc(-c2ccccn2)[c-]c(-n2c3ccccc3c3ccc(-c4ccccc4O)nc32)c1.[Pt].[Pt].[Pt]. The summed E-state index contributed by atoms with van der Waals surface area (Å²) in [5, 5.41) is 39.4. The fourth-order valence-corrected chi connectivity index (χ4v) is 14.8. The fraction of sp³-hybridized carbons (Fsp3) is 0.134. The molecule has 9 aromatic carbocycles. The molecule has 564 valence electrons. The Bertz CT molecular complexity index is 6560. The molecular weight excluding hydrogens is 1920 g/mol. The quantitative estimate of drug-likeness (QED) is 0.120. The number of phenolic OH excluding ortho intramolecular Hbond substituents is 3. The first-order chi connectivity index (χ1) is 52.6. The van der Waals surface area contributed by atoms with Crippen molar-refractivity contribution in [2.24, 2.45) is 0 Å². The predicted octanol–water partition coefficient (Wildman–Crippen LogP) is 23.4. The van der Waals surface area contributed by atoms with Crippen LogP contribution in [0.1, 0.15) is 80.5 Å². The maximum atomic E-state index is 11.6. The van der Waals surface area contributed by atoms with Gasteiger partial charge in [-0.2, -0.15) is 0 Å². The number of phenols is 3. The normalized spacial score (nSPS) is 11.4. The molecule has 0 unspecified atom stereocenters. The van der Waals surface area contributed by atoms with Gasteiger partial charge in [-0.3, -0.25) is 0 Å². The minimum atomic E-state index is -0.225. The molecule has 0 spiro atoms. The third-order valence-electron chi connectivity index (χ3n) is 20.1. The van der Waals surface area contributed by atoms with Gasteiger partial charge in [-0.25, -0.2) is 15.0 Å². The summed E-state index contributed by atoms with van der Waals surface area (Å²) in [5.74, 6) is 0.774. The first kappa shape index (κ1) is 78.9. The largest absolute Gasteiger partial charge is 0.507 e. The van der Waals surface area contributed by atoms with E-state index in [4.69, 9.17) is 15.0 Å². The molecule has 0 fully saturated rings. The van der Waals surface area contributed by atoms with E-state index in [-0.39, 0.29) is 85.5 Å². The summed E-state index contributed by atoms with van der Waals surface area (Å²) in [6, 6.07) is 94.1. The van der Waals surface area contributed by atoms with Crippen LogP contribution < -0.4 is 0 Å². The number of aryl methyl sites for hydroxylation is 5. The van der Waals surface area contributed by atoms with Crippen LogP contribution in [0.4, 0.5) is 0 Å². The van der Waals surface area contributed by atoms with Crippen molar-refractivity contribution in [2.75, 3.05) is 0 Å². The molecule has 0 radical (unpaired) electrons. The van der Waals surface area contributed by atoms with Gasteiger partial charge in [0.15, 0.2) is 0 Å². The molecule has 112 heavy (non-hydrogen) atoms. The molecule has 0 saturated heterocycles. The number of aromatic hydroxyl groups is 3. The van der Waals surface area contributed by atoms with Gasteiger partial charge < -0.3 is 44.0 Å². The van der Waals surface area contributed by atoms with Crippen molar-refractivity contribution in [1.29, 1.82) is 0 Å². The Morgan fingerprint density at radius 2 is 0.652 bits per heavy atom. The van der Waals surface area contributed by atoms with E-state index >= 15 is 0 Å². The van der Waals surface area contributed by atoms with Crippen molar-refractivity contribution in [1.82, 2.24) is 43.6 Å². The van der Waals surface area contributed by atoms with Gasteiger partial charge in [-0.15, -0.1) is 88.0 Å².